The van der Waals surface area contributed by atoms with Crippen LogP contribution in [0.1, 0.15) is 71.9 Å². The Morgan fingerprint density at radius 3 is 2.42 bits per heavy atom. The number of benzene rings is 1. The van der Waals surface area contributed by atoms with Gasteiger partial charge in [-0.1, -0.05) is 37.0 Å². The highest BCUT2D eigenvalue weighted by atomic mass is 35.5. The summed E-state index contributed by atoms with van der Waals surface area (Å²) >= 11 is 13.4. The molecule has 2 atom stereocenters. The number of carbonyl (C=O) groups is 2. The summed E-state index contributed by atoms with van der Waals surface area (Å²) in [6, 6.07) is 5.69. The number of halogens is 2. The zero-order valence-corrected chi connectivity index (χ0v) is 23.1. The highest BCUT2D eigenvalue weighted by Gasteiger charge is 2.30. The van der Waals surface area contributed by atoms with Crippen LogP contribution < -0.4 is 0 Å². The van der Waals surface area contributed by atoms with Crippen molar-refractivity contribution in [2.24, 2.45) is 18.9 Å². The summed E-state index contributed by atoms with van der Waals surface area (Å²) in [7, 11) is 5.16. The molecule has 1 aliphatic carbocycles. The molecule has 1 aromatic heterocycles. The van der Waals surface area contributed by atoms with Gasteiger partial charge < -0.3 is 18.9 Å². The predicted molar refractivity (Wildman–Crippen MR) is 143 cm³/mol. The molecular weight excluding hydrogens is 499 g/mol. The van der Waals surface area contributed by atoms with Gasteiger partial charge in [-0.15, -0.1) is 0 Å². The van der Waals surface area contributed by atoms with E-state index >= 15 is 0 Å². The molecule has 1 fully saturated rings. The third-order valence-corrected chi connectivity index (χ3v) is 8.76. The van der Waals surface area contributed by atoms with Crippen LogP contribution in [0.3, 0.4) is 0 Å². The van der Waals surface area contributed by atoms with Gasteiger partial charge in [-0.05, 0) is 54.0 Å². The smallest absolute Gasteiger partial charge is 0.305 e. The minimum absolute atomic E-state index is 0.101. The van der Waals surface area contributed by atoms with Crippen LogP contribution in [0.15, 0.2) is 24.0 Å². The van der Waals surface area contributed by atoms with Crippen LogP contribution in [0.5, 0.6) is 0 Å². The van der Waals surface area contributed by atoms with E-state index in [-0.39, 0.29) is 17.8 Å². The van der Waals surface area contributed by atoms with Crippen LogP contribution in [-0.2, 0) is 27.7 Å². The number of likely N-dealkylation sites (tertiary alicyclic amines) is 1. The fourth-order valence-electron chi connectivity index (χ4n) is 5.38. The zero-order valence-electron chi connectivity index (χ0n) is 21.6. The summed E-state index contributed by atoms with van der Waals surface area (Å²) in [5.41, 5.74) is 4.69. The Hall–Kier alpha value is -2.44. The molecule has 0 bridgehead atoms. The van der Waals surface area contributed by atoms with Crippen molar-refractivity contribution in [3.05, 3.63) is 62.1 Å². The molecule has 0 spiro atoms. The maximum Gasteiger partial charge on any atom is 0.305 e. The molecular formula is C28H34Cl2N2O4. The lowest BCUT2D eigenvalue weighted by molar-refractivity contribution is -0.142. The lowest BCUT2D eigenvalue weighted by atomic mass is 9.83. The highest BCUT2D eigenvalue weighted by Crippen LogP contribution is 2.41. The number of carbonyl (C=O) groups excluding carboxylic acids is 2. The Labute approximate surface area is 223 Å². The van der Waals surface area contributed by atoms with Crippen LogP contribution >= 0.6 is 23.2 Å². The van der Waals surface area contributed by atoms with Crippen LogP contribution in [0.2, 0.25) is 10.0 Å². The molecule has 2 aliphatic rings. The molecule has 36 heavy (non-hydrogen) atoms. The minimum Gasteiger partial charge on any atom is -0.501 e. The van der Waals surface area contributed by atoms with E-state index < -0.39 is 0 Å². The number of allylic oxidation sites excluding steroid dienone is 1. The third-order valence-electron chi connectivity index (χ3n) is 7.97. The second-order valence-electron chi connectivity index (χ2n) is 9.94. The number of hydrogen-bond donors (Lipinski definition) is 0. The van der Waals surface area contributed by atoms with Crippen molar-refractivity contribution < 1.29 is 19.1 Å². The monoisotopic (exact) mass is 532 g/mol. The van der Waals surface area contributed by atoms with E-state index in [1.165, 1.54) is 12.7 Å². The SMILES string of the molecule is COC(=O)CC1CCN(C(=O)c2ccc(Cl)c(Cc3cc4c(n3C)C=C(OC)C(C)C4C)c2Cl)CC1. The van der Waals surface area contributed by atoms with Crippen molar-refractivity contribution in [2.45, 2.75) is 45.4 Å². The van der Waals surface area contributed by atoms with Gasteiger partial charge in [-0.25, -0.2) is 0 Å². The van der Waals surface area contributed by atoms with E-state index in [2.05, 4.69) is 30.6 Å². The standard InChI is InChI=1S/C28H34Cl2N2O4/c1-16-17(2)25(35-4)15-24-21(16)13-19(31(24)3)14-22-23(29)7-6-20(27(22)30)28(34)32-10-8-18(9-11-32)12-26(33)36-5/h6-7,13,15-18H,8-12,14H2,1-5H3. The number of esters is 1. The average molecular weight is 533 g/mol. The van der Waals surface area contributed by atoms with Gasteiger partial charge in [-0.3, -0.25) is 9.59 Å². The molecule has 194 valence electrons. The number of methoxy groups -OCH3 is 2. The minimum atomic E-state index is -0.203. The molecule has 1 aromatic carbocycles. The van der Waals surface area contributed by atoms with E-state index in [0.717, 1.165) is 35.6 Å². The summed E-state index contributed by atoms with van der Waals surface area (Å²) in [6.45, 7) is 5.57. The Morgan fingerprint density at radius 1 is 1.08 bits per heavy atom. The quantitative estimate of drug-likeness (QED) is 0.423. The van der Waals surface area contributed by atoms with Gasteiger partial charge >= 0.3 is 5.97 Å². The van der Waals surface area contributed by atoms with Crippen molar-refractivity contribution in [1.82, 2.24) is 9.47 Å². The van der Waals surface area contributed by atoms with Crippen molar-refractivity contribution in [3.8, 4) is 0 Å². The molecule has 0 N–H and O–H groups in total. The maximum absolute atomic E-state index is 13.4. The number of aromatic nitrogens is 1. The second kappa shape index (κ2) is 10.9. The van der Waals surface area contributed by atoms with Gasteiger partial charge in [0.05, 0.1) is 24.8 Å². The van der Waals surface area contributed by atoms with E-state index in [4.69, 9.17) is 32.7 Å². The fraction of sp³-hybridized carbons (Fsp3) is 0.500. The molecule has 0 radical (unpaired) electrons. The predicted octanol–water partition coefficient (Wildman–Crippen LogP) is 6.08. The van der Waals surface area contributed by atoms with Crippen molar-refractivity contribution in [3.63, 3.8) is 0 Å². The second-order valence-corrected chi connectivity index (χ2v) is 10.7. The lowest BCUT2D eigenvalue weighted by Gasteiger charge is -2.32. The van der Waals surface area contributed by atoms with E-state index in [0.29, 0.717) is 53.4 Å². The Kier molecular flexibility index (Phi) is 8.06. The number of hydrogen-bond acceptors (Lipinski definition) is 4. The summed E-state index contributed by atoms with van der Waals surface area (Å²) in [6.07, 6.45) is 4.55. The molecule has 2 unspecified atom stereocenters. The van der Waals surface area contributed by atoms with Crippen molar-refractivity contribution in [1.29, 1.82) is 0 Å². The first-order valence-electron chi connectivity index (χ1n) is 12.4. The molecule has 1 saturated heterocycles. The Bertz CT molecular complexity index is 1190. The van der Waals surface area contributed by atoms with Gasteiger partial charge in [0.2, 0.25) is 0 Å². The van der Waals surface area contributed by atoms with Crippen LogP contribution in [0.4, 0.5) is 0 Å². The van der Waals surface area contributed by atoms with Crippen LogP contribution in [0, 0.1) is 11.8 Å². The maximum atomic E-state index is 13.4. The first-order chi connectivity index (χ1) is 17.2. The third kappa shape index (κ3) is 5.03. The molecule has 4 rings (SSSR count). The summed E-state index contributed by atoms with van der Waals surface area (Å²) < 4.78 is 12.6. The molecule has 0 saturated carbocycles. The number of fused-ring (bicyclic) bond motifs is 1. The summed E-state index contributed by atoms with van der Waals surface area (Å²) in [4.78, 5) is 26.8. The molecule has 2 aromatic rings. The highest BCUT2D eigenvalue weighted by molar-refractivity contribution is 6.38. The normalized spacial score (nSPS) is 20.1. The molecule has 8 heteroatoms. The molecule has 1 amide bonds. The first kappa shape index (κ1) is 26.6. The topological polar surface area (TPSA) is 60.8 Å². The van der Waals surface area contributed by atoms with Crippen molar-refractivity contribution in [2.75, 3.05) is 27.3 Å². The molecule has 1 aliphatic heterocycles. The van der Waals surface area contributed by atoms with E-state index in [9.17, 15) is 9.59 Å². The zero-order chi connectivity index (χ0) is 26.1. The largest absolute Gasteiger partial charge is 0.501 e. The number of ether oxygens (including phenoxy) is 2. The molecule has 6 nitrogen and oxygen atoms in total. The van der Waals surface area contributed by atoms with Crippen molar-refractivity contribution >= 4 is 41.2 Å². The summed E-state index contributed by atoms with van der Waals surface area (Å²) in [5, 5.41) is 0.944. The van der Waals surface area contributed by atoms with E-state index in [1.54, 1.807) is 19.2 Å². The number of rotatable bonds is 6. The van der Waals surface area contributed by atoms with Gasteiger partial charge in [0, 0.05) is 61.4 Å². The lowest BCUT2D eigenvalue weighted by Crippen LogP contribution is -2.39. The number of piperidine rings is 1. The number of nitrogens with zero attached hydrogens (tertiary/aromatic N) is 2. The summed E-state index contributed by atoms with van der Waals surface area (Å²) in [5.74, 6) is 1.52. The van der Waals surface area contributed by atoms with Gasteiger partial charge in [0.15, 0.2) is 0 Å². The van der Waals surface area contributed by atoms with Gasteiger partial charge in [-0.2, -0.15) is 0 Å². The Balaban J connectivity index is 1.56. The first-order valence-corrected chi connectivity index (χ1v) is 13.2. The van der Waals surface area contributed by atoms with Crippen LogP contribution in [-0.4, -0.2) is 48.7 Å². The van der Waals surface area contributed by atoms with Gasteiger partial charge in [0.1, 0.15) is 5.76 Å². The number of amides is 1. The van der Waals surface area contributed by atoms with Crippen LogP contribution in [0.25, 0.3) is 6.08 Å². The van der Waals surface area contributed by atoms with Gasteiger partial charge in [0.25, 0.3) is 5.91 Å². The van der Waals surface area contributed by atoms with E-state index in [1.807, 2.05) is 11.9 Å². The Morgan fingerprint density at radius 2 is 1.78 bits per heavy atom. The fourth-order valence-corrected chi connectivity index (χ4v) is 5.96. The average Bonchev–Trinajstić information content (AvgIpc) is 3.19. The molecule has 2 heterocycles.